The van der Waals surface area contributed by atoms with Gasteiger partial charge in [0.25, 0.3) is 0 Å². The van der Waals surface area contributed by atoms with Crippen molar-refractivity contribution >= 4 is 16.9 Å². The van der Waals surface area contributed by atoms with E-state index in [2.05, 4.69) is 21.1 Å². The van der Waals surface area contributed by atoms with Gasteiger partial charge in [-0.3, -0.25) is 0 Å². The van der Waals surface area contributed by atoms with Gasteiger partial charge in [0.05, 0.1) is 30.6 Å². The molecule has 0 aliphatic rings. The van der Waals surface area contributed by atoms with Crippen molar-refractivity contribution in [1.82, 2.24) is 19.7 Å². The minimum absolute atomic E-state index is 0.403. The van der Waals surface area contributed by atoms with Crippen molar-refractivity contribution in [2.45, 2.75) is 19.9 Å². The van der Waals surface area contributed by atoms with Gasteiger partial charge in [0.15, 0.2) is 5.65 Å². The molecule has 2 N–H and O–H groups in total. The Morgan fingerprint density at radius 2 is 2.33 bits per heavy atom. The van der Waals surface area contributed by atoms with Crippen molar-refractivity contribution in [2.75, 3.05) is 5.73 Å². The van der Waals surface area contributed by atoms with Crippen LogP contribution in [0.4, 0.5) is 5.82 Å². The van der Waals surface area contributed by atoms with Gasteiger partial charge in [0, 0.05) is 0 Å². The molecule has 0 unspecified atom stereocenters. The smallest absolute Gasteiger partial charge is 0.163 e. The number of aromatic nitrogens is 4. The van der Waals surface area contributed by atoms with Crippen molar-refractivity contribution in [3.63, 3.8) is 0 Å². The summed E-state index contributed by atoms with van der Waals surface area (Å²) in [5.74, 6) is 1.04. The summed E-state index contributed by atoms with van der Waals surface area (Å²) < 4.78 is 1.67. The molecule has 2 aromatic rings. The molecule has 0 fully saturated rings. The number of nitrogens with two attached hydrogens (primary N) is 1. The van der Waals surface area contributed by atoms with Crippen LogP contribution < -0.4 is 5.73 Å². The molecule has 6 heteroatoms. The molecule has 0 saturated heterocycles. The second kappa shape index (κ2) is 3.53. The average molecular weight is 202 g/mol. The second-order valence-corrected chi connectivity index (χ2v) is 3.17. The van der Waals surface area contributed by atoms with Gasteiger partial charge in [-0.1, -0.05) is 0 Å². The van der Waals surface area contributed by atoms with E-state index in [1.807, 2.05) is 0 Å². The van der Waals surface area contributed by atoms with Crippen LogP contribution in [-0.4, -0.2) is 19.7 Å². The lowest BCUT2D eigenvalue weighted by atomic mass is 10.4. The highest BCUT2D eigenvalue weighted by Crippen LogP contribution is 2.16. The normalized spacial score (nSPS) is 10.4. The molecular formula is C9H10N6. The van der Waals surface area contributed by atoms with Gasteiger partial charge in [0.2, 0.25) is 0 Å². The van der Waals surface area contributed by atoms with E-state index >= 15 is 0 Å². The van der Waals surface area contributed by atoms with E-state index in [0.717, 1.165) is 5.39 Å². The highest BCUT2D eigenvalue weighted by molar-refractivity contribution is 5.84. The number of fused-ring (bicyclic) bond motifs is 1. The van der Waals surface area contributed by atoms with Crippen LogP contribution in [0, 0.1) is 18.3 Å². The summed E-state index contributed by atoms with van der Waals surface area (Å²) in [5, 5.41) is 13.4. The molecule has 0 bridgehead atoms. The molecule has 0 radical (unpaired) electrons. The van der Waals surface area contributed by atoms with E-state index in [4.69, 9.17) is 11.0 Å². The SMILES string of the molecule is Cc1nc(N)c2cnn(CCC#N)c2n1. The largest absolute Gasteiger partial charge is 0.383 e. The molecular weight excluding hydrogens is 192 g/mol. The van der Waals surface area contributed by atoms with Crippen LogP contribution >= 0.6 is 0 Å². The molecule has 76 valence electrons. The monoisotopic (exact) mass is 202 g/mol. The first-order chi connectivity index (χ1) is 7.22. The Balaban J connectivity index is 2.54. The van der Waals surface area contributed by atoms with E-state index in [-0.39, 0.29) is 0 Å². The van der Waals surface area contributed by atoms with Crippen molar-refractivity contribution in [1.29, 1.82) is 5.26 Å². The Kier molecular flexibility index (Phi) is 2.21. The number of nitrogens with zero attached hydrogens (tertiary/aromatic N) is 5. The molecule has 0 amide bonds. The summed E-state index contributed by atoms with van der Waals surface area (Å²) in [4.78, 5) is 8.29. The first-order valence-electron chi connectivity index (χ1n) is 4.55. The number of anilines is 1. The van der Waals surface area contributed by atoms with Crippen molar-refractivity contribution in [2.24, 2.45) is 0 Å². The Hall–Kier alpha value is -2.16. The molecule has 2 rings (SSSR count). The van der Waals surface area contributed by atoms with Crippen molar-refractivity contribution in [3.8, 4) is 6.07 Å². The molecule has 0 aliphatic heterocycles. The molecule has 0 aliphatic carbocycles. The predicted octanol–water partition coefficient (Wildman–Crippen LogP) is 0.631. The van der Waals surface area contributed by atoms with Gasteiger partial charge in [-0.15, -0.1) is 0 Å². The first kappa shape index (κ1) is 9.40. The van der Waals surface area contributed by atoms with Gasteiger partial charge in [-0.2, -0.15) is 10.4 Å². The minimum atomic E-state index is 0.403. The van der Waals surface area contributed by atoms with Crippen LogP contribution in [0.3, 0.4) is 0 Å². The summed E-state index contributed by atoms with van der Waals surface area (Å²) in [6.45, 7) is 2.30. The van der Waals surface area contributed by atoms with Gasteiger partial charge < -0.3 is 5.73 Å². The van der Waals surface area contributed by atoms with Gasteiger partial charge in [0.1, 0.15) is 11.6 Å². The lowest BCUT2D eigenvalue weighted by Crippen LogP contribution is -2.03. The number of hydrogen-bond donors (Lipinski definition) is 1. The van der Waals surface area contributed by atoms with E-state index in [0.29, 0.717) is 30.3 Å². The van der Waals surface area contributed by atoms with Crippen LogP contribution in [0.1, 0.15) is 12.2 Å². The maximum Gasteiger partial charge on any atom is 0.163 e. The molecule has 2 heterocycles. The number of nitrogen functional groups attached to an aromatic ring is 1. The van der Waals surface area contributed by atoms with E-state index in [1.54, 1.807) is 17.8 Å². The van der Waals surface area contributed by atoms with E-state index in [1.165, 1.54) is 0 Å². The lowest BCUT2D eigenvalue weighted by molar-refractivity contribution is 0.642. The average Bonchev–Trinajstić information content (AvgIpc) is 2.58. The first-order valence-corrected chi connectivity index (χ1v) is 4.55. The highest BCUT2D eigenvalue weighted by Gasteiger charge is 2.08. The number of nitriles is 1. The zero-order valence-corrected chi connectivity index (χ0v) is 8.30. The summed E-state index contributed by atoms with van der Waals surface area (Å²) in [5.41, 5.74) is 6.42. The summed E-state index contributed by atoms with van der Waals surface area (Å²) >= 11 is 0. The maximum atomic E-state index is 8.50. The molecule has 2 aromatic heterocycles. The maximum absolute atomic E-state index is 8.50. The van der Waals surface area contributed by atoms with E-state index in [9.17, 15) is 0 Å². The summed E-state index contributed by atoms with van der Waals surface area (Å²) in [6, 6.07) is 2.06. The predicted molar refractivity (Wildman–Crippen MR) is 54.7 cm³/mol. The zero-order chi connectivity index (χ0) is 10.8. The lowest BCUT2D eigenvalue weighted by Gasteiger charge is -2.00. The second-order valence-electron chi connectivity index (χ2n) is 3.17. The van der Waals surface area contributed by atoms with Crippen LogP contribution in [-0.2, 0) is 6.54 Å². The minimum Gasteiger partial charge on any atom is -0.383 e. The number of aryl methyl sites for hydroxylation is 2. The highest BCUT2D eigenvalue weighted by atomic mass is 15.3. The van der Waals surface area contributed by atoms with Crippen LogP contribution in [0.5, 0.6) is 0 Å². The third-order valence-electron chi connectivity index (χ3n) is 2.07. The van der Waals surface area contributed by atoms with Gasteiger partial charge in [-0.25, -0.2) is 14.6 Å². The topological polar surface area (TPSA) is 93.4 Å². The fourth-order valence-electron chi connectivity index (χ4n) is 1.41. The quantitative estimate of drug-likeness (QED) is 0.770. The van der Waals surface area contributed by atoms with Gasteiger partial charge in [-0.05, 0) is 6.92 Å². The van der Waals surface area contributed by atoms with Crippen LogP contribution in [0.15, 0.2) is 6.20 Å². The molecule has 0 spiro atoms. The Morgan fingerprint density at radius 3 is 3.07 bits per heavy atom. The number of hydrogen-bond acceptors (Lipinski definition) is 5. The van der Waals surface area contributed by atoms with Crippen LogP contribution in [0.25, 0.3) is 11.0 Å². The summed E-state index contributed by atoms with van der Waals surface area (Å²) in [6.07, 6.45) is 2.03. The fourth-order valence-corrected chi connectivity index (χ4v) is 1.41. The molecule has 15 heavy (non-hydrogen) atoms. The Bertz CT molecular complexity index is 535. The van der Waals surface area contributed by atoms with Gasteiger partial charge >= 0.3 is 0 Å². The number of rotatable bonds is 2. The van der Waals surface area contributed by atoms with Crippen molar-refractivity contribution < 1.29 is 0 Å². The van der Waals surface area contributed by atoms with Crippen molar-refractivity contribution in [3.05, 3.63) is 12.0 Å². The fraction of sp³-hybridized carbons (Fsp3) is 0.333. The molecule has 0 aromatic carbocycles. The Labute approximate surface area is 86.4 Å². The zero-order valence-electron chi connectivity index (χ0n) is 8.30. The standard InChI is InChI=1S/C9H10N6/c1-6-13-8(11)7-5-12-15(4-2-3-10)9(7)14-6/h5H,2,4H2,1H3,(H2,11,13,14). The van der Waals surface area contributed by atoms with Crippen LogP contribution in [0.2, 0.25) is 0 Å². The Morgan fingerprint density at radius 1 is 1.53 bits per heavy atom. The molecule has 6 nitrogen and oxygen atoms in total. The third kappa shape index (κ3) is 1.59. The third-order valence-corrected chi connectivity index (χ3v) is 2.07. The molecule has 0 atom stereocenters. The van der Waals surface area contributed by atoms with E-state index < -0.39 is 0 Å². The summed E-state index contributed by atoms with van der Waals surface area (Å²) in [7, 11) is 0. The molecule has 0 saturated carbocycles.